The van der Waals surface area contributed by atoms with Gasteiger partial charge in [0.25, 0.3) is 5.91 Å². The summed E-state index contributed by atoms with van der Waals surface area (Å²) in [5.74, 6) is -1.13. The Bertz CT molecular complexity index is 863. The third-order valence-electron chi connectivity index (χ3n) is 4.55. The summed E-state index contributed by atoms with van der Waals surface area (Å²) >= 11 is 0. The van der Waals surface area contributed by atoms with Crippen LogP contribution in [-0.4, -0.2) is 42.4 Å². The summed E-state index contributed by atoms with van der Waals surface area (Å²) in [5.41, 5.74) is 3.52. The summed E-state index contributed by atoms with van der Waals surface area (Å²) in [6.45, 7) is 5.69. The van der Waals surface area contributed by atoms with Gasteiger partial charge >= 0.3 is 5.97 Å². The second-order valence-electron chi connectivity index (χ2n) is 6.94. The van der Waals surface area contributed by atoms with Gasteiger partial charge in [0, 0.05) is 12.2 Å². The molecule has 1 N–H and O–H groups in total. The van der Waals surface area contributed by atoms with Crippen molar-refractivity contribution in [2.75, 3.05) is 25.0 Å². The maximum absolute atomic E-state index is 12.5. The molecule has 0 fully saturated rings. The summed E-state index contributed by atoms with van der Waals surface area (Å²) in [5, 5.41) is 2.82. The van der Waals surface area contributed by atoms with E-state index in [9.17, 15) is 14.4 Å². The van der Waals surface area contributed by atoms with Crippen molar-refractivity contribution < 1.29 is 19.1 Å². The number of nitrogens with zero attached hydrogens (tertiary/aromatic N) is 1. The minimum atomic E-state index is -0.464. The van der Waals surface area contributed by atoms with Crippen molar-refractivity contribution in [2.45, 2.75) is 33.6 Å². The average Bonchev–Trinajstić information content (AvgIpc) is 2.69. The molecule has 0 saturated carbocycles. The molecule has 0 aliphatic rings. The number of hydrogen-bond donors (Lipinski definition) is 1. The molecule has 0 heterocycles. The van der Waals surface area contributed by atoms with E-state index in [4.69, 9.17) is 4.74 Å². The van der Waals surface area contributed by atoms with Crippen molar-refractivity contribution in [1.29, 1.82) is 0 Å². The number of ether oxygens (including phenoxy) is 1. The summed E-state index contributed by atoms with van der Waals surface area (Å²) in [6.07, 6.45) is 0.808. The van der Waals surface area contributed by atoms with E-state index < -0.39 is 5.97 Å². The lowest BCUT2D eigenvalue weighted by molar-refractivity contribution is -0.151. The maximum Gasteiger partial charge on any atom is 0.310 e. The number of esters is 1. The summed E-state index contributed by atoms with van der Waals surface area (Å²) in [6, 6.07) is 15.0. The molecule has 0 radical (unpaired) electrons. The number of benzene rings is 2. The van der Waals surface area contributed by atoms with E-state index in [1.165, 1.54) is 4.90 Å². The first-order valence-electron chi connectivity index (χ1n) is 9.74. The van der Waals surface area contributed by atoms with Crippen molar-refractivity contribution in [2.24, 2.45) is 0 Å². The predicted octanol–water partition coefficient (Wildman–Crippen LogP) is 3.27. The number of carbonyl (C=O) groups excluding carboxylic acids is 3. The van der Waals surface area contributed by atoms with Crippen LogP contribution < -0.4 is 5.32 Å². The first kappa shape index (κ1) is 22.1. The van der Waals surface area contributed by atoms with Gasteiger partial charge in [0.1, 0.15) is 0 Å². The number of anilines is 1. The molecule has 0 aliphatic heterocycles. The Balaban J connectivity index is 1.88. The van der Waals surface area contributed by atoms with Gasteiger partial charge in [-0.3, -0.25) is 14.4 Å². The van der Waals surface area contributed by atoms with E-state index in [0.717, 1.165) is 16.7 Å². The number of aryl methyl sites for hydroxylation is 2. The molecular weight excluding hydrogens is 368 g/mol. The fourth-order valence-electron chi connectivity index (χ4n) is 2.89. The number of amides is 2. The zero-order valence-electron chi connectivity index (χ0n) is 17.2. The topological polar surface area (TPSA) is 75.7 Å². The van der Waals surface area contributed by atoms with Crippen molar-refractivity contribution in [3.63, 3.8) is 0 Å². The molecule has 0 saturated heterocycles. The Hall–Kier alpha value is -3.15. The molecular formula is C23H28N2O4. The molecule has 0 bridgehead atoms. The van der Waals surface area contributed by atoms with E-state index in [1.54, 1.807) is 0 Å². The standard InChI is InChI=1S/C23H28N2O4/c1-4-13-25(15-21(26)24-20-12-8-6-10-18(20)3)22(27)16-29-23(28)14-19-11-7-5-9-17(19)2/h5-12H,4,13-16H2,1-3H3,(H,24,26). The Morgan fingerprint density at radius 1 is 0.966 bits per heavy atom. The molecule has 0 atom stereocenters. The van der Waals surface area contributed by atoms with Gasteiger partial charge in [-0.15, -0.1) is 0 Å². The Labute approximate surface area is 171 Å². The molecule has 154 valence electrons. The van der Waals surface area contributed by atoms with E-state index in [1.807, 2.05) is 69.3 Å². The molecule has 0 unspecified atom stereocenters. The third kappa shape index (κ3) is 7.07. The summed E-state index contributed by atoms with van der Waals surface area (Å²) in [4.78, 5) is 38.3. The minimum Gasteiger partial charge on any atom is -0.455 e. The molecule has 2 rings (SSSR count). The monoisotopic (exact) mass is 396 g/mol. The molecule has 2 amide bonds. The van der Waals surface area contributed by atoms with Crippen LogP contribution in [-0.2, 0) is 25.5 Å². The van der Waals surface area contributed by atoms with Crippen molar-refractivity contribution in [3.8, 4) is 0 Å². The molecule has 0 aromatic heterocycles. The SMILES string of the molecule is CCCN(CC(=O)Nc1ccccc1C)C(=O)COC(=O)Cc1ccccc1C. The predicted molar refractivity (Wildman–Crippen MR) is 113 cm³/mol. The Morgan fingerprint density at radius 3 is 2.28 bits per heavy atom. The number of carbonyl (C=O) groups is 3. The van der Waals surface area contributed by atoms with Crippen LogP contribution in [0.1, 0.15) is 30.0 Å². The van der Waals surface area contributed by atoms with Gasteiger partial charge in [0.05, 0.1) is 13.0 Å². The van der Waals surface area contributed by atoms with Crippen LogP contribution >= 0.6 is 0 Å². The second-order valence-corrected chi connectivity index (χ2v) is 6.94. The van der Waals surface area contributed by atoms with E-state index in [2.05, 4.69) is 5.32 Å². The van der Waals surface area contributed by atoms with Crippen LogP contribution in [0.3, 0.4) is 0 Å². The zero-order valence-corrected chi connectivity index (χ0v) is 17.2. The zero-order chi connectivity index (χ0) is 21.2. The largest absolute Gasteiger partial charge is 0.455 e. The summed E-state index contributed by atoms with van der Waals surface area (Å²) < 4.78 is 5.15. The highest BCUT2D eigenvalue weighted by Gasteiger charge is 2.19. The quantitative estimate of drug-likeness (QED) is 0.660. The first-order chi connectivity index (χ1) is 13.9. The second kappa shape index (κ2) is 11.0. The van der Waals surface area contributed by atoms with E-state index >= 15 is 0 Å². The van der Waals surface area contributed by atoms with Gasteiger partial charge in [-0.1, -0.05) is 49.4 Å². The van der Waals surface area contributed by atoms with Gasteiger partial charge in [-0.05, 0) is 43.0 Å². The Morgan fingerprint density at radius 2 is 1.62 bits per heavy atom. The normalized spacial score (nSPS) is 10.3. The van der Waals surface area contributed by atoms with Crippen molar-refractivity contribution in [1.82, 2.24) is 4.90 Å². The van der Waals surface area contributed by atoms with Crippen molar-refractivity contribution >= 4 is 23.5 Å². The van der Waals surface area contributed by atoms with Crippen LogP contribution in [0.25, 0.3) is 0 Å². The highest BCUT2D eigenvalue weighted by atomic mass is 16.5. The fraction of sp³-hybridized carbons (Fsp3) is 0.348. The highest BCUT2D eigenvalue weighted by Crippen LogP contribution is 2.13. The number of para-hydroxylation sites is 1. The van der Waals surface area contributed by atoms with Crippen LogP contribution in [0.5, 0.6) is 0 Å². The third-order valence-corrected chi connectivity index (χ3v) is 4.55. The van der Waals surface area contributed by atoms with Gasteiger partial charge in [0.2, 0.25) is 5.91 Å². The number of hydrogen-bond acceptors (Lipinski definition) is 4. The van der Waals surface area contributed by atoms with Crippen LogP contribution in [0.15, 0.2) is 48.5 Å². The molecule has 0 spiro atoms. The van der Waals surface area contributed by atoms with E-state index in [0.29, 0.717) is 18.7 Å². The van der Waals surface area contributed by atoms with Crippen LogP contribution in [0.4, 0.5) is 5.69 Å². The number of rotatable bonds is 9. The molecule has 0 aliphatic carbocycles. The van der Waals surface area contributed by atoms with E-state index in [-0.39, 0.29) is 31.4 Å². The van der Waals surface area contributed by atoms with Gasteiger partial charge in [-0.2, -0.15) is 0 Å². The summed E-state index contributed by atoms with van der Waals surface area (Å²) in [7, 11) is 0. The minimum absolute atomic E-state index is 0.0870. The first-order valence-corrected chi connectivity index (χ1v) is 9.74. The number of nitrogens with one attached hydrogen (secondary N) is 1. The average molecular weight is 396 g/mol. The molecule has 2 aromatic carbocycles. The Kier molecular flexibility index (Phi) is 8.40. The lowest BCUT2D eigenvalue weighted by atomic mass is 10.1. The lowest BCUT2D eigenvalue weighted by Gasteiger charge is -2.21. The molecule has 29 heavy (non-hydrogen) atoms. The van der Waals surface area contributed by atoms with Crippen LogP contribution in [0, 0.1) is 13.8 Å². The lowest BCUT2D eigenvalue weighted by Crippen LogP contribution is -2.41. The van der Waals surface area contributed by atoms with Gasteiger partial charge < -0.3 is 15.0 Å². The highest BCUT2D eigenvalue weighted by molar-refractivity contribution is 5.95. The fourth-order valence-corrected chi connectivity index (χ4v) is 2.89. The molecule has 6 nitrogen and oxygen atoms in total. The van der Waals surface area contributed by atoms with Crippen LogP contribution in [0.2, 0.25) is 0 Å². The van der Waals surface area contributed by atoms with Gasteiger partial charge in [-0.25, -0.2) is 0 Å². The molecule has 2 aromatic rings. The smallest absolute Gasteiger partial charge is 0.310 e. The van der Waals surface area contributed by atoms with Crippen molar-refractivity contribution in [3.05, 3.63) is 65.2 Å². The molecule has 6 heteroatoms. The maximum atomic E-state index is 12.5. The van der Waals surface area contributed by atoms with Gasteiger partial charge in [0.15, 0.2) is 6.61 Å².